The summed E-state index contributed by atoms with van der Waals surface area (Å²) < 4.78 is 0. The van der Waals surface area contributed by atoms with Gasteiger partial charge in [-0.15, -0.1) is 13.2 Å². The van der Waals surface area contributed by atoms with Gasteiger partial charge in [0.05, 0.1) is 5.92 Å². The Balaban J connectivity index is 1.99. The average molecular weight is 371 g/mol. The van der Waals surface area contributed by atoms with Crippen molar-refractivity contribution >= 4 is 23.6 Å². The van der Waals surface area contributed by atoms with Gasteiger partial charge in [0.1, 0.15) is 0 Å². The maximum absolute atomic E-state index is 12.5. The van der Waals surface area contributed by atoms with Crippen molar-refractivity contribution in [3.05, 3.63) is 55.1 Å². The number of amides is 3. The maximum Gasteiger partial charge on any atom is 0.321 e. The number of urea groups is 1. The smallest absolute Gasteiger partial charge is 0.321 e. The van der Waals surface area contributed by atoms with Gasteiger partial charge in [0, 0.05) is 37.4 Å². The molecule has 0 aliphatic carbocycles. The highest BCUT2D eigenvalue weighted by Gasteiger charge is 2.28. The Hall–Kier alpha value is -3.09. The first-order chi connectivity index (χ1) is 13.0. The van der Waals surface area contributed by atoms with Crippen LogP contribution in [-0.2, 0) is 4.79 Å². The summed E-state index contributed by atoms with van der Waals surface area (Å²) in [6, 6.07) is 6.27. The van der Waals surface area contributed by atoms with Crippen LogP contribution in [0.25, 0.3) is 0 Å². The van der Waals surface area contributed by atoms with E-state index in [-0.39, 0.29) is 18.5 Å². The van der Waals surface area contributed by atoms with E-state index < -0.39 is 11.9 Å². The number of hydrogen-bond acceptors (Lipinski definition) is 3. The molecular weight excluding hydrogens is 346 g/mol. The lowest BCUT2D eigenvalue weighted by atomic mass is 9.99. The summed E-state index contributed by atoms with van der Waals surface area (Å²) in [5.41, 5.74) is 1.05. The first-order valence-corrected chi connectivity index (χ1v) is 8.86. The fraction of sp³-hybridized carbons (Fsp3) is 0.350. The highest BCUT2D eigenvalue weighted by molar-refractivity contribution is 5.95. The molecule has 7 nitrogen and oxygen atoms in total. The lowest BCUT2D eigenvalue weighted by molar-refractivity contribution is -0.143. The molecule has 1 aromatic rings. The van der Waals surface area contributed by atoms with Crippen LogP contribution in [0.1, 0.15) is 23.2 Å². The van der Waals surface area contributed by atoms with Crippen LogP contribution in [-0.4, -0.2) is 59.0 Å². The van der Waals surface area contributed by atoms with E-state index in [1.54, 1.807) is 41.3 Å². The Morgan fingerprint density at radius 2 is 1.81 bits per heavy atom. The molecule has 2 rings (SSSR count). The summed E-state index contributed by atoms with van der Waals surface area (Å²) in [5, 5.41) is 11.9. The molecule has 3 amide bonds. The number of likely N-dealkylation sites (tertiary alicyclic amines) is 1. The van der Waals surface area contributed by atoms with E-state index in [0.717, 1.165) is 0 Å². The van der Waals surface area contributed by atoms with E-state index in [4.69, 9.17) is 5.11 Å². The molecule has 0 aromatic heterocycles. The standard InChI is InChI=1S/C20H25N3O4/c1-3-11-22(12-4-2)18(24)15-7-9-17(10-8-15)21-20(27)23-13-5-6-16(14-23)19(25)26/h3-4,7-10,16H,1-2,5-6,11-14H2,(H,21,27)(H,25,26). The fourth-order valence-electron chi connectivity index (χ4n) is 3.00. The van der Waals surface area contributed by atoms with Crippen molar-refractivity contribution in [2.75, 3.05) is 31.5 Å². The first kappa shape index (κ1) is 20.2. The maximum atomic E-state index is 12.5. The topological polar surface area (TPSA) is 90.0 Å². The molecule has 1 saturated heterocycles. The summed E-state index contributed by atoms with van der Waals surface area (Å²) in [6.07, 6.45) is 4.56. The predicted octanol–water partition coefficient (Wildman–Crippen LogP) is 2.83. The Morgan fingerprint density at radius 1 is 1.19 bits per heavy atom. The molecule has 27 heavy (non-hydrogen) atoms. The van der Waals surface area contributed by atoms with E-state index in [1.807, 2.05) is 0 Å². The number of piperidine rings is 1. The number of carboxylic acids is 1. The van der Waals surface area contributed by atoms with Crippen LogP contribution in [0.5, 0.6) is 0 Å². The van der Waals surface area contributed by atoms with E-state index in [9.17, 15) is 14.4 Å². The van der Waals surface area contributed by atoms with Gasteiger partial charge in [-0.3, -0.25) is 9.59 Å². The zero-order valence-electron chi connectivity index (χ0n) is 15.3. The van der Waals surface area contributed by atoms with Gasteiger partial charge < -0.3 is 20.2 Å². The monoisotopic (exact) mass is 371 g/mol. The molecule has 144 valence electrons. The normalized spacial score (nSPS) is 16.3. The van der Waals surface area contributed by atoms with Crippen molar-refractivity contribution in [3.8, 4) is 0 Å². The summed E-state index contributed by atoms with van der Waals surface area (Å²) in [4.78, 5) is 39.1. The molecule has 0 saturated carbocycles. The second-order valence-electron chi connectivity index (χ2n) is 6.42. The lowest BCUT2D eigenvalue weighted by Crippen LogP contribution is -2.44. The number of carbonyl (C=O) groups is 3. The second-order valence-corrected chi connectivity index (χ2v) is 6.42. The van der Waals surface area contributed by atoms with Gasteiger partial charge in [0.25, 0.3) is 5.91 Å². The Kier molecular flexibility index (Phi) is 7.16. The fourth-order valence-corrected chi connectivity index (χ4v) is 3.00. The number of hydrogen-bond donors (Lipinski definition) is 2. The molecule has 0 bridgehead atoms. The lowest BCUT2D eigenvalue weighted by Gasteiger charge is -2.30. The number of anilines is 1. The van der Waals surface area contributed by atoms with Gasteiger partial charge in [0.15, 0.2) is 0 Å². The van der Waals surface area contributed by atoms with Crippen LogP contribution in [0.2, 0.25) is 0 Å². The minimum absolute atomic E-state index is 0.145. The highest BCUT2D eigenvalue weighted by atomic mass is 16.4. The third-order valence-corrected chi connectivity index (χ3v) is 4.43. The van der Waals surface area contributed by atoms with Crippen molar-refractivity contribution in [2.24, 2.45) is 5.92 Å². The van der Waals surface area contributed by atoms with Crippen LogP contribution < -0.4 is 5.32 Å². The van der Waals surface area contributed by atoms with Gasteiger partial charge >= 0.3 is 12.0 Å². The van der Waals surface area contributed by atoms with Gasteiger partial charge in [0.2, 0.25) is 0 Å². The van der Waals surface area contributed by atoms with E-state index in [2.05, 4.69) is 18.5 Å². The van der Waals surface area contributed by atoms with Crippen molar-refractivity contribution in [1.29, 1.82) is 0 Å². The number of carbonyl (C=O) groups excluding carboxylic acids is 2. The van der Waals surface area contributed by atoms with Gasteiger partial charge in [-0.25, -0.2) is 4.79 Å². The Labute approximate surface area is 159 Å². The molecule has 1 unspecified atom stereocenters. The molecule has 7 heteroatoms. The molecule has 1 fully saturated rings. The third kappa shape index (κ3) is 5.44. The summed E-state index contributed by atoms with van der Waals surface area (Å²) in [5.74, 6) is -1.54. The van der Waals surface area contributed by atoms with Crippen LogP contribution in [0.3, 0.4) is 0 Å². The number of rotatable bonds is 7. The quantitative estimate of drug-likeness (QED) is 0.721. The largest absolute Gasteiger partial charge is 0.481 e. The van der Waals surface area contributed by atoms with E-state index >= 15 is 0 Å². The van der Waals surface area contributed by atoms with E-state index in [0.29, 0.717) is 43.7 Å². The van der Waals surface area contributed by atoms with Crippen molar-refractivity contribution < 1.29 is 19.5 Å². The SMILES string of the molecule is C=CCN(CC=C)C(=O)c1ccc(NC(=O)N2CCCC(C(=O)O)C2)cc1. The number of carboxylic acid groups (broad SMARTS) is 1. The number of benzene rings is 1. The summed E-state index contributed by atoms with van der Waals surface area (Å²) in [7, 11) is 0. The third-order valence-electron chi connectivity index (χ3n) is 4.43. The number of nitrogens with one attached hydrogen (secondary N) is 1. The molecule has 1 atom stereocenters. The number of aliphatic carboxylic acids is 1. The minimum Gasteiger partial charge on any atom is -0.481 e. The molecule has 0 spiro atoms. The Bertz CT molecular complexity index is 704. The first-order valence-electron chi connectivity index (χ1n) is 8.86. The molecule has 1 aliphatic rings. The molecular formula is C20H25N3O4. The van der Waals surface area contributed by atoms with Crippen molar-refractivity contribution in [3.63, 3.8) is 0 Å². The zero-order chi connectivity index (χ0) is 19.8. The minimum atomic E-state index is -0.876. The summed E-state index contributed by atoms with van der Waals surface area (Å²) >= 11 is 0. The highest BCUT2D eigenvalue weighted by Crippen LogP contribution is 2.18. The zero-order valence-corrected chi connectivity index (χ0v) is 15.3. The van der Waals surface area contributed by atoms with Crippen LogP contribution in [0.15, 0.2) is 49.6 Å². The predicted molar refractivity (Wildman–Crippen MR) is 104 cm³/mol. The molecule has 0 radical (unpaired) electrons. The van der Waals surface area contributed by atoms with Crippen LogP contribution in [0, 0.1) is 5.92 Å². The van der Waals surface area contributed by atoms with Crippen LogP contribution >= 0.6 is 0 Å². The molecule has 2 N–H and O–H groups in total. The summed E-state index contributed by atoms with van der Waals surface area (Å²) in [6.45, 7) is 8.87. The van der Waals surface area contributed by atoms with Crippen molar-refractivity contribution in [2.45, 2.75) is 12.8 Å². The van der Waals surface area contributed by atoms with Crippen molar-refractivity contribution in [1.82, 2.24) is 9.80 Å². The van der Waals surface area contributed by atoms with Gasteiger partial charge in [-0.2, -0.15) is 0 Å². The van der Waals surface area contributed by atoms with E-state index in [1.165, 1.54) is 4.90 Å². The van der Waals surface area contributed by atoms with Crippen LogP contribution in [0.4, 0.5) is 10.5 Å². The number of nitrogens with zero attached hydrogens (tertiary/aromatic N) is 2. The Morgan fingerprint density at radius 3 is 2.37 bits per heavy atom. The second kappa shape index (κ2) is 9.56. The van der Waals surface area contributed by atoms with Gasteiger partial charge in [-0.1, -0.05) is 12.2 Å². The molecule has 1 heterocycles. The van der Waals surface area contributed by atoms with Gasteiger partial charge in [-0.05, 0) is 37.1 Å². The molecule has 1 aromatic carbocycles. The molecule has 1 aliphatic heterocycles. The average Bonchev–Trinajstić information content (AvgIpc) is 2.68.